The van der Waals surface area contributed by atoms with Crippen molar-refractivity contribution >= 4 is 15.9 Å². The maximum Gasteiger partial charge on any atom is 0.0619 e. The molecule has 18 heavy (non-hydrogen) atoms. The topological polar surface area (TPSA) is 38.5 Å². The minimum Gasteiger partial charge on any atom is -0.379 e. The molecule has 2 atom stereocenters. The zero-order chi connectivity index (χ0) is 13.0. The number of hydrogen-bond acceptors (Lipinski definition) is 3. The molecule has 1 aliphatic rings. The van der Waals surface area contributed by atoms with Crippen LogP contribution in [0.4, 0.5) is 0 Å². The zero-order valence-corrected chi connectivity index (χ0v) is 12.4. The second-order valence-electron chi connectivity index (χ2n) is 4.88. The van der Waals surface area contributed by atoms with E-state index < -0.39 is 0 Å². The highest BCUT2D eigenvalue weighted by Gasteiger charge is 2.19. The molecule has 0 bridgehead atoms. The minimum atomic E-state index is 0.0932. The second-order valence-corrected chi connectivity index (χ2v) is 5.73. The zero-order valence-electron chi connectivity index (χ0n) is 10.8. The largest absolute Gasteiger partial charge is 0.379 e. The Bertz CT molecular complexity index is 386. The summed E-state index contributed by atoms with van der Waals surface area (Å²) in [5.74, 6) is 0. The number of rotatable bonds is 4. The van der Waals surface area contributed by atoms with Crippen LogP contribution in [0.5, 0.6) is 0 Å². The first-order chi connectivity index (χ1) is 8.68. The van der Waals surface area contributed by atoms with Crippen LogP contribution in [0, 0.1) is 0 Å². The van der Waals surface area contributed by atoms with Crippen molar-refractivity contribution in [2.24, 2.45) is 5.73 Å². The van der Waals surface area contributed by atoms with E-state index in [9.17, 15) is 0 Å². The summed E-state index contributed by atoms with van der Waals surface area (Å²) in [4.78, 5) is 2.46. The normalized spacial score (nSPS) is 22.9. The van der Waals surface area contributed by atoms with Gasteiger partial charge in [-0.2, -0.15) is 0 Å². The second kappa shape index (κ2) is 6.66. The first-order valence-corrected chi connectivity index (χ1v) is 7.29. The number of nitrogens with two attached hydrogens (primary N) is 1. The van der Waals surface area contributed by atoms with E-state index >= 15 is 0 Å². The third kappa shape index (κ3) is 3.54. The quantitative estimate of drug-likeness (QED) is 0.928. The van der Waals surface area contributed by atoms with Crippen LogP contribution in [0.3, 0.4) is 0 Å². The Morgan fingerprint density at radius 3 is 3.00 bits per heavy atom. The SMILES string of the molecule is CC1COCCN1CCC(N)c1ccccc1Br. The van der Waals surface area contributed by atoms with Gasteiger partial charge >= 0.3 is 0 Å². The Morgan fingerprint density at radius 2 is 2.28 bits per heavy atom. The Morgan fingerprint density at radius 1 is 1.50 bits per heavy atom. The molecule has 2 rings (SSSR count). The van der Waals surface area contributed by atoms with Crippen LogP contribution in [0.15, 0.2) is 28.7 Å². The summed E-state index contributed by atoms with van der Waals surface area (Å²) < 4.78 is 6.55. The van der Waals surface area contributed by atoms with Gasteiger partial charge in [0, 0.05) is 29.6 Å². The van der Waals surface area contributed by atoms with Gasteiger partial charge in [-0.25, -0.2) is 0 Å². The number of nitrogens with zero attached hydrogens (tertiary/aromatic N) is 1. The number of halogens is 1. The van der Waals surface area contributed by atoms with Gasteiger partial charge in [-0.05, 0) is 25.0 Å². The van der Waals surface area contributed by atoms with Crippen molar-refractivity contribution in [3.05, 3.63) is 34.3 Å². The van der Waals surface area contributed by atoms with Crippen molar-refractivity contribution in [2.45, 2.75) is 25.4 Å². The average Bonchev–Trinajstić information content (AvgIpc) is 2.38. The van der Waals surface area contributed by atoms with E-state index in [-0.39, 0.29) is 6.04 Å². The van der Waals surface area contributed by atoms with Gasteiger partial charge in [-0.1, -0.05) is 34.1 Å². The molecule has 3 nitrogen and oxygen atoms in total. The van der Waals surface area contributed by atoms with Gasteiger partial charge in [0.2, 0.25) is 0 Å². The van der Waals surface area contributed by atoms with Crippen molar-refractivity contribution in [1.82, 2.24) is 4.90 Å². The Labute approximate surface area is 117 Å². The summed E-state index contributed by atoms with van der Waals surface area (Å²) >= 11 is 3.56. The fourth-order valence-electron chi connectivity index (χ4n) is 2.33. The van der Waals surface area contributed by atoms with Gasteiger partial charge < -0.3 is 10.5 Å². The molecule has 2 unspecified atom stereocenters. The molecule has 1 saturated heterocycles. The van der Waals surface area contributed by atoms with Crippen LogP contribution in [-0.4, -0.2) is 37.2 Å². The average molecular weight is 313 g/mol. The molecule has 1 aromatic rings. The van der Waals surface area contributed by atoms with E-state index in [0.717, 1.165) is 37.2 Å². The summed E-state index contributed by atoms with van der Waals surface area (Å²) in [7, 11) is 0. The number of benzene rings is 1. The molecule has 100 valence electrons. The molecule has 0 saturated carbocycles. The Balaban J connectivity index is 1.88. The molecule has 1 heterocycles. The minimum absolute atomic E-state index is 0.0932. The third-order valence-electron chi connectivity index (χ3n) is 3.54. The lowest BCUT2D eigenvalue weighted by Crippen LogP contribution is -2.44. The Kier molecular flexibility index (Phi) is 5.18. The van der Waals surface area contributed by atoms with Crippen LogP contribution in [0.25, 0.3) is 0 Å². The standard InChI is InChI=1S/C14H21BrN2O/c1-11-10-18-9-8-17(11)7-6-14(16)12-4-2-3-5-13(12)15/h2-5,11,14H,6-10,16H2,1H3. The van der Waals surface area contributed by atoms with Gasteiger partial charge in [-0.3, -0.25) is 4.90 Å². The highest BCUT2D eigenvalue weighted by molar-refractivity contribution is 9.10. The molecule has 4 heteroatoms. The van der Waals surface area contributed by atoms with Crippen LogP contribution in [-0.2, 0) is 4.74 Å². The van der Waals surface area contributed by atoms with Gasteiger partial charge in [-0.15, -0.1) is 0 Å². The van der Waals surface area contributed by atoms with Crippen molar-refractivity contribution in [3.8, 4) is 0 Å². The van der Waals surface area contributed by atoms with Crippen molar-refractivity contribution in [1.29, 1.82) is 0 Å². The summed E-state index contributed by atoms with van der Waals surface area (Å²) in [6, 6.07) is 8.80. The van der Waals surface area contributed by atoms with Gasteiger partial charge in [0.15, 0.2) is 0 Å². The fourth-order valence-corrected chi connectivity index (χ4v) is 2.91. The number of hydrogen-bond donors (Lipinski definition) is 1. The van der Waals surface area contributed by atoms with Crippen LogP contribution < -0.4 is 5.73 Å². The van der Waals surface area contributed by atoms with Crippen LogP contribution in [0.2, 0.25) is 0 Å². The first-order valence-electron chi connectivity index (χ1n) is 6.50. The summed E-state index contributed by atoms with van der Waals surface area (Å²) in [5, 5.41) is 0. The lowest BCUT2D eigenvalue weighted by molar-refractivity contribution is -0.00140. The van der Waals surface area contributed by atoms with E-state index in [0.29, 0.717) is 6.04 Å². The van der Waals surface area contributed by atoms with E-state index in [1.165, 1.54) is 5.56 Å². The lowest BCUT2D eigenvalue weighted by atomic mass is 10.0. The fraction of sp³-hybridized carbons (Fsp3) is 0.571. The van der Waals surface area contributed by atoms with E-state index in [1.54, 1.807) is 0 Å². The predicted molar refractivity (Wildman–Crippen MR) is 77.5 cm³/mol. The molecule has 1 fully saturated rings. The van der Waals surface area contributed by atoms with Crippen LogP contribution in [0.1, 0.15) is 24.9 Å². The maximum atomic E-state index is 6.27. The molecule has 2 N–H and O–H groups in total. The smallest absolute Gasteiger partial charge is 0.0619 e. The summed E-state index contributed by atoms with van der Waals surface area (Å²) in [6.07, 6.45) is 0.979. The summed E-state index contributed by atoms with van der Waals surface area (Å²) in [6.45, 7) is 5.94. The molecule has 0 radical (unpaired) electrons. The third-order valence-corrected chi connectivity index (χ3v) is 4.26. The molecule has 0 spiro atoms. The number of ether oxygens (including phenoxy) is 1. The Hall–Kier alpha value is -0.420. The number of morpholine rings is 1. The summed E-state index contributed by atoms with van der Waals surface area (Å²) in [5.41, 5.74) is 7.46. The predicted octanol–water partition coefficient (Wildman–Crippen LogP) is 2.56. The van der Waals surface area contributed by atoms with Gasteiger partial charge in [0.25, 0.3) is 0 Å². The first kappa shape index (κ1) is 14.0. The molecule has 1 aromatic carbocycles. The van der Waals surface area contributed by atoms with Crippen molar-refractivity contribution in [2.75, 3.05) is 26.3 Å². The van der Waals surface area contributed by atoms with Crippen LogP contribution >= 0.6 is 15.9 Å². The lowest BCUT2D eigenvalue weighted by Gasteiger charge is -2.33. The molecule has 0 aliphatic carbocycles. The molecular formula is C14H21BrN2O. The molecule has 1 aliphatic heterocycles. The van der Waals surface area contributed by atoms with E-state index in [1.807, 2.05) is 18.2 Å². The molecule has 0 aromatic heterocycles. The molecular weight excluding hydrogens is 292 g/mol. The van der Waals surface area contributed by atoms with Crippen molar-refractivity contribution < 1.29 is 4.74 Å². The van der Waals surface area contributed by atoms with Crippen molar-refractivity contribution in [3.63, 3.8) is 0 Å². The van der Waals surface area contributed by atoms with Gasteiger partial charge in [0.05, 0.1) is 13.2 Å². The van der Waals surface area contributed by atoms with E-state index in [2.05, 4.69) is 33.8 Å². The maximum absolute atomic E-state index is 6.27. The molecule has 0 amide bonds. The van der Waals surface area contributed by atoms with Gasteiger partial charge in [0.1, 0.15) is 0 Å². The monoisotopic (exact) mass is 312 g/mol. The van der Waals surface area contributed by atoms with E-state index in [4.69, 9.17) is 10.5 Å². The highest BCUT2D eigenvalue weighted by atomic mass is 79.9. The highest BCUT2D eigenvalue weighted by Crippen LogP contribution is 2.24.